The number of anilines is 2. The average molecular weight is 375 g/mol. The lowest BCUT2D eigenvalue weighted by molar-refractivity contribution is -0.116. The summed E-state index contributed by atoms with van der Waals surface area (Å²) in [6, 6.07) is 12.8. The lowest BCUT2D eigenvalue weighted by atomic mass is 10.2. The molecule has 2 aromatic carbocycles. The lowest BCUT2D eigenvalue weighted by Gasteiger charge is -2.09. The van der Waals surface area contributed by atoms with Gasteiger partial charge in [0.25, 0.3) is 0 Å². The Morgan fingerprint density at radius 2 is 1.96 bits per heavy atom. The highest BCUT2D eigenvalue weighted by molar-refractivity contribution is 6.32. The van der Waals surface area contributed by atoms with E-state index in [-0.39, 0.29) is 11.9 Å². The van der Waals surface area contributed by atoms with Crippen LogP contribution >= 0.6 is 11.6 Å². The van der Waals surface area contributed by atoms with E-state index in [2.05, 4.69) is 15.6 Å². The van der Waals surface area contributed by atoms with Gasteiger partial charge < -0.3 is 21.1 Å². The van der Waals surface area contributed by atoms with Gasteiger partial charge in [-0.25, -0.2) is 4.99 Å². The summed E-state index contributed by atoms with van der Waals surface area (Å²) in [5.74, 6) is 0.868. The van der Waals surface area contributed by atoms with Gasteiger partial charge in [-0.3, -0.25) is 4.79 Å². The highest BCUT2D eigenvalue weighted by atomic mass is 35.5. The Hall–Kier alpha value is -2.73. The number of amides is 1. The fraction of sp³-hybridized carbons (Fsp3) is 0.263. The van der Waals surface area contributed by atoms with Crippen molar-refractivity contribution >= 4 is 34.8 Å². The van der Waals surface area contributed by atoms with Gasteiger partial charge >= 0.3 is 0 Å². The van der Waals surface area contributed by atoms with Crippen LogP contribution in [0.25, 0.3) is 0 Å². The Morgan fingerprint density at radius 1 is 1.19 bits per heavy atom. The van der Waals surface area contributed by atoms with E-state index in [1.807, 2.05) is 31.2 Å². The predicted molar refractivity (Wildman–Crippen MR) is 107 cm³/mol. The smallest absolute Gasteiger partial charge is 0.224 e. The van der Waals surface area contributed by atoms with Crippen molar-refractivity contribution in [1.82, 2.24) is 0 Å². The van der Waals surface area contributed by atoms with Crippen molar-refractivity contribution in [3.63, 3.8) is 0 Å². The normalized spacial score (nSPS) is 11.1. The summed E-state index contributed by atoms with van der Waals surface area (Å²) >= 11 is 6.09. The van der Waals surface area contributed by atoms with E-state index in [1.165, 1.54) is 0 Å². The number of methoxy groups -OCH3 is 1. The molecule has 26 heavy (non-hydrogen) atoms. The van der Waals surface area contributed by atoms with Gasteiger partial charge in [-0.1, -0.05) is 30.7 Å². The molecule has 0 atom stereocenters. The number of nitrogens with one attached hydrogen (secondary N) is 2. The highest BCUT2D eigenvalue weighted by Gasteiger charge is 2.04. The molecule has 0 saturated carbocycles. The molecule has 0 aliphatic rings. The van der Waals surface area contributed by atoms with Crippen LogP contribution in [0.1, 0.15) is 25.3 Å². The van der Waals surface area contributed by atoms with E-state index in [4.69, 9.17) is 22.1 Å². The molecular weight excluding hydrogens is 352 g/mol. The molecule has 2 aromatic rings. The van der Waals surface area contributed by atoms with Crippen molar-refractivity contribution in [1.29, 1.82) is 0 Å². The Labute approximate surface area is 158 Å². The van der Waals surface area contributed by atoms with Crippen LogP contribution in [0, 0.1) is 0 Å². The molecule has 0 fully saturated rings. The van der Waals surface area contributed by atoms with Crippen molar-refractivity contribution in [2.24, 2.45) is 10.7 Å². The first-order valence-corrected chi connectivity index (χ1v) is 8.69. The standard InChI is InChI=1S/C19H23ClN4O2/c1-3-5-18(25)23-14-7-4-6-13(10-14)12-22-19(21)24-15-8-9-17(26-2)16(20)11-15/h4,6-11H,3,5,12H2,1-2H3,(H,23,25)(H3,21,22,24). The number of nitrogens with two attached hydrogens (primary N) is 1. The number of guanidine groups is 1. The molecule has 0 spiro atoms. The average Bonchev–Trinajstić information content (AvgIpc) is 2.61. The van der Waals surface area contributed by atoms with Crippen LogP contribution in [0.15, 0.2) is 47.5 Å². The van der Waals surface area contributed by atoms with E-state index >= 15 is 0 Å². The first kappa shape index (κ1) is 19.6. The van der Waals surface area contributed by atoms with E-state index in [0.717, 1.165) is 23.4 Å². The molecule has 0 aliphatic heterocycles. The number of benzene rings is 2. The fourth-order valence-electron chi connectivity index (χ4n) is 2.31. The fourth-order valence-corrected chi connectivity index (χ4v) is 2.56. The highest BCUT2D eigenvalue weighted by Crippen LogP contribution is 2.27. The Balaban J connectivity index is 1.98. The Bertz CT molecular complexity index is 793. The summed E-state index contributed by atoms with van der Waals surface area (Å²) in [6.45, 7) is 2.36. The molecule has 6 nitrogen and oxygen atoms in total. The number of ether oxygens (including phenoxy) is 1. The molecule has 0 bridgehead atoms. The van der Waals surface area contributed by atoms with Crippen molar-refractivity contribution in [3.8, 4) is 5.75 Å². The summed E-state index contributed by atoms with van der Waals surface area (Å²) in [4.78, 5) is 16.0. The second kappa shape index (κ2) is 9.68. The number of halogens is 1. The zero-order chi connectivity index (χ0) is 18.9. The van der Waals surface area contributed by atoms with E-state index < -0.39 is 0 Å². The summed E-state index contributed by atoms with van der Waals surface area (Å²) < 4.78 is 5.11. The molecule has 0 aromatic heterocycles. The number of hydrogen-bond acceptors (Lipinski definition) is 3. The number of nitrogens with zero attached hydrogens (tertiary/aromatic N) is 1. The molecule has 0 saturated heterocycles. The predicted octanol–water partition coefficient (Wildman–Crippen LogP) is 4.01. The maximum absolute atomic E-state index is 11.7. The van der Waals surface area contributed by atoms with Crippen LogP contribution in [-0.2, 0) is 11.3 Å². The summed E-state index contributed by atoms with van der Waals surface area (Å²) in [5, 5.41) is 6.34. The minimum Gasteiger partial charge on any atom is -0.495 e. The number of carbonyl (C=O) groups excluding carboxylic acids is 1. The van der Waals surface area contributed by atoms with Crippen LogP contribution in [0.3, 0.4) is 0 Å². The lowest BCUT2D eigenvalue weighted by Crippen LogP contribution is -2.22. The molecule has 1 amide bonds. The topological polar surface area (TPSA) is 88.7 Å². The second-order valence-corrected chi connectivity index (χ2v) is 6.08. The third-order valence-electron chi connectivity index (χ3n) is 3.54. The molecule has 0 radical (unpaired) electrons. The molecule has 0 heterocycles. The molecule has 4 N–H and O–H groups in total. The summed E-state index contributed by atoms with van der Waals surface area (Å²) in [5.41, 5.74) is 8.34. The van der Waals surface area contributed by atoms with E-state index in [0.29, 0.717) is 23.7 Å². The van der Waals surface area contributed by atoms with Gasteiger partial charge in [-0.15, -0.1) is 0 Å². The minimum atomic E-state index is 0.00529. The van der Waals surface area contributed by atoms with Crippen molar-refractivity contribution < 1.29 is 9.53 Å². The maximum atomic E-state index is 11.7. The van der Waals surface area contributed by atoms with Gasteiger partial charge in [-0.2, -0.15) is 0 Å². The van der Waals surface area contributed by atoms with Gasteiger partial charge in [0.2, 0.25) is 5.91 Å². The first-order chi connectivity index (χ1) is 12.5. The van der Waals surface area contributed by atoms with Gasteiger partial charge in [0.15, 0.2) is 5.96 Å². The molecule has 138 valence electrons. The summed E-state index contributed by atoms with van der Waals surface area (Å²) in [7, 11) is 1.56. The number of carbonyl (C=O) groups is 1. The van der Waals surface area contributed by atoms with Gasteiger partial charge in [0, 0.05) is 17.8 Å². The van der Waals surface area contributed by atoms with Crippen LogP contribution < -0.4 is 21.1 Å². The first-order valence-electron chi connectivity index (χ1n) is 8.31. The van der Waals surface area contributed by atoms with Crippen LogP contribution in [0.2, 0.25) is 5.02 Å². The van der Waals surface area contributed by atoms with Crippen LogP contribution in [-0.4, -0.2) is 19.0 Å². The van der Waals surface area contributed by atoms with E-state index in [1.54, 1.807) is 25.3 Å². The third-order valence-corrected chi connectivity index (χ3v) is 3.84. The zero-order valence-corrected chi connectivity index (χ0v) is 15.6. The number of rotatable bonds is 7. The Morgan fingerprint density at radius 3 is 2.65 bits per heavy atom. The van der Waals surface area contributed by atoms with Gasteiger partial charge in [0.05, 0.1) is 18.7 Å². The minimum absolute atomic E-state index is 0.00529. The monoisotopic (exact) mass is 374 g/mol. The third kappa shape index (κ3) is 5.97. The second-order valence-electron chi connectivity index (χ2n) is 5.67. The Kier molecular flexibility index (Phi) is 7.29. The van der Waals surface area contributed by atoms with Gasteiger partial charge in [0.1, 0.15) is 5.75 Å². The SMILES string of the molecule is CCCC(=O)Nc1cccc(CN=C(N)Nc2ccc(OC)c(Cl)c2)c1. The van der Waals surface area contributed by atoms with E-state index in [9.17, 15) is 4.79 Å². The van der Waals surface area contributed by atoms with Gasteiger partial charge in [-0.05, 0) is 42.3 Å². The van der Waals surface area contributed by atoms with Crippen LogP contribution in [0.5, 0.6) is 5.75 Å². The van der Waals surface area contributed by atoms with Crippen molar-refractivity contribution in [3.05, 3.63) is 53.1 Å². The zero-order valence-electron chi connectivity index (χ0n) is 14.9. The molecule has 2 rings (SSSR count). The molecule has 0 unspecified atom stereocenters. The molecule has 0 aliphatic carbocycles. The summed E-state index contributed by atoms with van der Waals surface area (Å²) in [6.07, 6.45) is 1.32. The number of hydrogen-bond donors (Lipinski definition) is 3. The largest absolute Gasteiger partial charge is 0.495 e. The van der Waals surface area contributed by atoms with Crippen molar-refractivity contribution in [2.45, 2.75) is 26.3 Å². The molecule has 7 heteroatoms. The maximum Gasteiger partial charge on any atom is 0.224 e. The van der Waals surface area contributed by atoms with Crippen molar-refractivity contribution in [2.75, 3.05) is 17.7 Å². The van der Waals surface area contributed by atoms with Crippen LogP contribution in [0.4, 0.5) is 11.4 Å². The quantitative estimate of drug-likeness (QED) is 0.504. The number of aliphatic imine (C=N–C) groups is 1. The molecular formula is C19H23ClN4O2.